The highest BCUT2D eigenvalue weighted by Crippen LogP contribution is 2.66. The van der Waals surface area contributed by atoms with Gasteiger partial charge in [-0.25, -0.2) is 4.79 Å². The number of benzene rings is 1. The smallest absolute Gasteiger partial charge is 0.326 e. The molecule has 0 heterocycles. The molecule has 0 aromatic heterocycles. The molecule has 0 radical (unpaired) electrons. The predicted molar refractivity (Wildman–Crippen MR) is 157 cm³/mol. The van der Waals surface area contributed by atoms with Gasteiger partial charge in [0, 0.05) is 37.0 Å². The summed E-state index contributed by atoms with van der Waals surface area (Å²) in [5.41, 5.74) is -1.43. The zero-order valence-electron chi connectivity index (χ0n) is 25.3. The topological polar surface area (TPSA) is 164 Å². The van der Waals surface area contributed by atoms with Gasteiger partial charge in [-0.1, -0.05) is 49.8 Å². The second kappa shape index (κ2) is 12.0. The number of fused-ring (bicyclic) bond motifs is 5. The first kappa shape index (κ1) is 31.8. The maximum Gasteiger partial charge on any atom is 0.326 e. The van der Waals surface area contributed by atoms with E-state index in [-0.39, 0.29) is 66.8 Å². The Balaban J connectivity index is 1.16. The van der Waals surface area contributed by atoms with Crippen molar-refractivity contribution in [1.29, 1.82) is 0 Å². The molecule has 1 aromatic carbocycles. The maximum absolute atomic E-state index is 13.8. The van der Waals surface area contributed by atoms with Crippen LogP contribution < -0.4 is 5.32 Å². The summed E-state index contributed by atoms with van der Waals surface area (Å²) in [5, 5.41) is 23.7. The molecule has 3 saturated carbocycles. The Labute approximate surface area is 256 Å². The number of hydrogen-bond donors (Lipinski definition) is 3. The second-order valence-electron chi connectivity index (χ2n) is 13.5. The van der Waals surface area contributed by atoms with Gasteiger partial charge in [-0.3, -0.25) is 24.0 Å². The summed E-state index contributed by atoms with van der Waals surface area (Å²) in [6, 6.07) is 7.67. The van der Waals surface area contributed by atoms with Crippen molar-refractivity contribution < 1.29 is 43.7 Å². The Hall–Kier alpha value is -3.66. The molecular weight excluding hydrogens is 566 g/mol. The number of amides is 1. The number of esters is 1. The van der Waals surface area contributed by atoms with E-state index in [1.807, 2.05) is 0 Å². The molecule has 44 heavy (non-hydrogen) atoms. The SMILES string of the molecule is CC12CCC(=O)C=C1CCC1C2C(=O)CC2(C)C1CCC2(O)C(=O)COC(=O)CCC(=O)NC(Cc1ccccc1)C(=O)O. The number of ketones is 3. The molecule has 3 N–H and O–H groups in total. The third kappa shape index (κ3) is 5.64. The monoisotopic (exact) mass is 607 g/mol. The average Bonchev–Trinajstić information content (AvgIpc) is 3.25. The van der Waals surface area contributed by atoms with Gasteiger partial charge in [-0.2, -0.15) is 0 Å². The van der Waals surface area contributed by atoms with E-state index in [1.165, 1.54) is 0 Å². The fourth-order valence-electron chi connectivity index (χ4n) is 8.72. The molecule has 0 saturated heterocycles. The summed E-state index contributed by atoms with van der Waals surface area (Å²) in [7, 11) is 0. The van der Waals surface area contributed by atoms with E-state index >= 15 is 0 Å². The summed E-state index contributed by atoms with van der Waals surface area (Å²) in [6.45, 7) is 3.20. The van der Waals surface area contributed by atoms with Gasteiger partial charge in [-0.15, -0.1) is 0 Å². The van der Waals surface area contributed by atoms with Crippen molar-refractivity contribution in [2.45, 2.75) is 89.7 Å². The minimum absolute atomic E-state index is 0.00370. The first-order valence-electron chi connectivity index (χ1n) is 15.5. The Morgan fingerprint density at radius 2 is 1.75 bits per heavy atom. The van der Waals surface area contributed by atoms with Crippen molar-refractivity contribution >= 4 is 35.2 Å². The van der Waals surface area contributed by atoms with E-state index in [0.29, 0.717) is 19.3 Å². The molecule has 10 heteroatoms. The highest BCUT2D eigenvalue weighted by atomic mass is 16.5. The number of carboxylic acid groups (broad SMARTS) is 1. The van der Waals surface area contributed by atoms with E-state index in [4.69, 9.17) is 4.74 Å². The van der Waals surface area contributed by atoms with Crippen LogP contribution >= 0.6 is 0 Å². The van der Waals surface area contributed by atoms with Crippen LogP contribution in [0.5, 0.6) is 0 Å². The number of aliphatic carboxylic acids is 1. The summed E-state index contributed by atoms with van der Waals surface area (Å²) in [4.78, 5) is 75.7. The second-order valence-corrected chi connectivity index (χ2v) is 13.5. The van der Waals surface area contributed by atoms with Crippen LogP contribution in [0.4, 0.5) is 0 Å². The zero-order chi connectivity index (χ0) is 31.9. The van der Waals surface area contributed by atoms with Crippen LogP contribution in [0.15, 0.2) is 42.0 Å². The van der Waals surface area contributed by atoms with Gasteiger partial charge in [0.1, 0.15) is 17.4 Å². The first-order valence-corrected chi connectivity index (χ1v) is 15.5. The Kier molecular flexibility index (Phi) is 8.68. The summed E-state index contributed by atoms with van der Waals surface area (Å²) in [6.07, 6.45) is 4.39. The minimum atomic E-state index is -1.83. The molecule has 0 bridgehead atoms. The molecule has 4 aliphatic rings. The number of carboxylic acids is 1. The van der Waals surface area contributed by atoms with Crippen LogP contribution in [0.2, 0.25) is 0 Å². The number of aliphatic hydroxyl groups is 1. The Bertz CT molecular complexity index is 1400. The van der Waals surface area contributed by atoms with Crippen LogP contribution in [-0.4, -0.2) is 63.7 Å². The lowest BCUT2D eigenvalue weighted by Gasteiger charge is -2.57. The summed E-state index contributed by atoms with van der Waals surface area (Å²) < 4.78 is 5.17. The molecular formula is C34H41NO9. The molecule has 0 aliphatic heterocycles. The molecule has 1 amide bonds. The normalized spacial score (nSPS) is 33.2. The molecule has 5 rings (SSSR count). The lowest BCUT2D eigenvalue weighted by atomic mass is 9.46. The van der Waals surface area contributed by atoms with Crippen LogP contribution in [0.1, 0.15) is 77.2 Å². The number of ether oxygens (including phenoxy) is 1. The van der Waals surface area contributed by atoms with Crippen molar-refractivity contribution in [2.24, 2.45) is 28.6 Å². The van der Waals surface area contributed by atoms with Gasteiger partial charge in [0.15, 0.2) is 12.4 Å². The molecule has 3 fully saturated rings. The largest absolute Gasteiger partial charge is 0.480 e. The lowest BCUT2D eigenvalue weighted by molar-refractivity contribution is -0.173. The summed E-state index contributed by atoms with van der Waals surface area (Å²) >= 11 is 0. The highest BCUT2D eigenvalue weighted by molar-refractivity contribution is 5.95. The van der Waals surface area contributed by atoms with Gasteiger partial charge in [0.25, 0.3) is 0 Å². The Morgan fingerprint density at radius 3 is 2.45 bits per heavy atom. The van der Waals surface area contributed by atoms with Crippen LogP contribution in [0.25, 0.3) is 0 Å². The number of rotatable bonds is 10. The molecule has 236 valence electrons. The third-order valence-electron chi connectivity index (χ3n) is 11.1. The van der Waals surface area contributed by atoms with Gasteiger partial charge in [0.05, 0.1) is 6.42 Å². The van der Waals surface area contributed by atoms with Gasteiger partial charge < -0.3 is 20.3 Å². The summed E-state index contributed by atoms with van der Waals surface area (Å²) in [5.74, 6) is -3.52. The van der Waals surface area contributed by atoms with E-state index in [9.17, 15) is 39.0 Å². The quantitative estimate of drug-likeness (QED) is 0.339. The lowest BCUT2D eigenvalue weighted by Crippen LogP contribution is -2.61. The van der Waals surface area contributed by atoms with Crippen molar-refractivity contribution in [3.05, 3.63) is 47.5 Å². The van der Waals surface area contributed by atoms with E-state index in [1.54, 1.807) is 43.3 Å². The molecule has 1 aromatic rings. The van der Waals surface area contributed by atoms with E-state index < -0.39 is 47.3 Å². The van der Waals surface area contributed by atoms with Crippen molar-refractivity contribution in [3.8, 4) is 0 Å². The van der Waals surface area contributed by atoms with E-state index in [2.05, 4.69) is 12.2 Å². The molecule has 7 unspecified atom stereocenters. The van der Waals surface area contributed by atoms with Crippen LogP contribution in [0.3, 0.4) is 0 Å². The molecule has 10 nitrogen and oxygen atoms in total. The number of Topliss-reactive ketones (excluding diaryl/α,β-unsaturated/α-hetero) is 2. The number of carbonyl (C=O) groups is 6. The third-order valence-corrected chi connectivity index (χ3v) is 11.1. The molecule has 7 atom stereocenters. The van der Waals surface area contributed by atoms with Gasteiger partial charge in [-0.05, 0) is 61.0 Å². The fourth-order valence-corrected chi connectivity index (χ4v) is 8.72. The predicted octanol–water partition coefficient (Wildman–Crippen LogP) is 3.13. The number of allylic oxidation sites excluding steroid dienone is 1. The number of nitrogens with one attached hydrogen (secondary N) is 1. The maximum atomic E-state index is 13.8. The highest BCUT2D eigenvalue weighted by Gasteiger charge is 2.68. The molecule has 0 spiro atoms. The van der Waals surface area contributed by atoms with Crippen molar-refractivity contribution in [3.63, 3.8) is 0 Å². The average molecular weight is 608 g/mol. The standard InChI is InChI=1S/C34H41NO9/c1-32-14-12-22(36)17-21(32)8-9-23-24-13-15-34(43,33(24,2)18-26(37)30(23)32)27(38)19-44-29(40)11-10-28(39)35-25(31(41)42)16-20-6-4-3-5-7-20/h3-7,17,23-25,30,43H,8-16,18-19H2,1-2H3,(H,35,39)(H,41,42). The minimum Gasteiger partial charge on any atom is -0.480 e. The van der Waals surface area contributed by atoms with Crippen LogP contribution in [0, 0.1) is 28.6 Å². The van der Waals surface area contributed by atoms with Gasteiger partial charge >= 0.3 is 11.9 Å². The molecule has 4 aliphatic carbocycles. The first-order chi connectivity index (χ1) is 20.8. The van der Waals surface area contributed by atoms with Gasteiger partial charge in [0.2, 0.25) is 11.7 Å². The van der Waals surface area contributed by atoms with Crippen molar-refractivity contribution in [1.82, 2.24) is 5.32 Å². The zero-order valence-corrected chi connectivity index (χ0v) is 25.3. The van der Waals surface area contributed by atoms with Crippen molar-refractivity contribution in [2.75, 3.05) is 6.61 Å². The fraction of sp³-hybridized carbons (Fsp3) is 0.588. The Morgan fingerprint density at radius 1 is 1.02 bits per heavy atom. The van der Waals surface area contributed by atoms with Crippen LogP contribution in [-0.2, 0) is 39.9 Å². The van der Waals surface area contributed by atoms with E-state index in [0.717, 1.165) is 24.0 Å². The number of carbonyl (C=O) groups excluding carboxylic acids is 5. The number of hydrogen-bond acceptors (Lipinski definition) is 8.